The fourth-order valence-corrected chi connectivity index (χ4v) is 2.19. The third-order valence-electron chi connectivity index (χ3n) is 3.13. The van der Waals surface area contributed by atoms with Crippen LogP contribution in [0.3, 0.4) is 0 Å². The molecule has 6 heteroatoms. The van der Waals surface area contributed by atoms with Crippen molar-refractivity contribution >= 4 is 17.5 Å². The number of hydrogen-bond donors (Lipinski definition) is 0. The van der Waals surface area contributed by atoms with Crippen LogP contribution in [-0.2, 0) is 9.53 Å². The number of aromatic nitrogens is 3. The Morgan fingerprint density at radius 1 is 1.18 bits per heavy atom. The van der Waals surface area contributed by atoms with Gasteiger partial charge in [0.15, 0.2) is 0 Å². The summed E-state index contributed by atoms with van der Waals surface area (Å²) >= 11 is 0. The summed E-state index contributed by atoms with van der Waals surface area (Å²) in [6, 6.07) is 10.9. The maximum Gasteiger partial charge on any atom is 0.381 e. The van der Waals surface area contributed by atoms with Gasteiger partial charge in [0, 0.05) is 18.0 Å². The van der Waals surface area contributed by atoms with Gasteiger partial charge in [-0.15, -0.1) is 0 Å². The highest BCUT2D eigenvalue weighted by atomic mass is 16.5. The number of rotatable bonds is 4. The number of carbonyl (C=O) groups is 2. The highest BCUT2D eigenvalue weighted by Gasteiger charge is 2.27. The van der Waals surface area contributed by atoms with E-state index in [-0.39, 0.29) is 12.3 Å². The van der Waals surface area contributed by atoms with Gasteiger partial charge in [-0.2, -0.15) is 0 Å². The van der Waals surface area contributed by atoms with E-state index in [2.05, 4.69) is 9.97 Å². The van der Waals surface area contributed by atoms with Crippen molar-refractivity contribution in [1.29, 1.82) is 0 Å². The third kappa shape index (κ3) is 2.35. The average Bonchev–Trinajstić information content (AvgIpc) is 2.94. The minimum Gasteiger partial charge on any atom is -0.460 e. The summed E-state index contributed by atoms with van der Waals surface area (Å²) in [6.45, 7) is 1.79. The van der Waals surface area contributed by atoms with Crippen LogP contribution in [0.15, 0.2) is 48.8 Å². The maximum absolute atomic E-state index is 12.4. The standard InChI is InChI=1S/C16H13N3O3/c1-2-22-15(21)14(20)13-12(11-7-4-3-5-8-11)18-16-17-9-6-10-19(13)16/h3-10H,2H2,1H3. The number of esters is 1. The lowest BCUT2D eigenvalue weighted by molar-refractivity contribution is -0.137. The second-order valence-corrected chi connectivity index (χ2v) is 4.51. The van der Waals surface area contributed by atoms with Gasteiger partial charge in [0.2, 0.25) is 5.78 Å². The van der Waals surface area contributed by atoms with E-state index in [0.29, 0.717) is 11.5 Å². The molecule has 3 rings (SSSR count). The van der Waals surface area contributed by atoms with Crippen LogP contribution >= 0.6 is 0 Å². The molecular weight excluding hydrogens is 282 g/mol. The van der Waals surface area contributed by atoms with Crippen LogP contribution in [0.1, 0.15) is 17.4 Å². The number of ketones is 1. The van der Waals surface area contributed by atoms with E-state index in [0.717, 1.165) is 5.56 Å². The lowest BCUT2D eigenvalue weighted by Gasteiger charge is -2.04. The molecule has 0 radical (unpaired) electrons. The zero-order valence-electron chi connectivity index (χ0n) is 11.9. The summed E-state index contributed by atoms with van der Waals surface area (Å²) in [4.78, 5) is 32.8. The van der Waals surface area contributed by atoms with Crippen LogP contribution in [0.4, 0.5) is 0 Å². The minimum atomic E-state index is -0.898. The Bertz CT molecular complexity index is 840. The van der Waals surface area contributed by atoms with Crippen LogP contribution in [0.2, 0.25) is 0 Å². The number of fused-ring (bicyclic) bond motifs is 1. The van der Waals surface area contributed by atoms with Gasteiger partial charge in [0.05, 0.1) is 6.61 Å². The molecular formula is C16H13N3O3. The summed E-state index contributed by atoms with van der Waals surface area (Å²) < 4.78 is 6.32. The number of hydrogen-bond acceptors (Lipinski definition) is 5. The fraction of sp³-hybridized carbons (Fsp3) is 0.125. The molecule has 6 nitrogen and oxygen atoms in total. The molecule has 0 saturated heterocycles. The second-order valence-electron chi connectivity index (χ2n) is 4.51. The zero-order valence-corrected chi connectivity index (χ0v) is 11.9. The maximum atomic E-state index is 12.4. The molecule has 2 heterocycles. The minimum absolute atomic E-state index is 0.139. The van der Waals surface area contributed by atoms with Crippen molar-refractivity contribution in [1.82, 2.24) is 14.4 Å². The predicted octanol–water partition coefficient (Wildman–Crippen LogP) is 2.14. The first-order chi connectivity index (χ1) is 10.7. The van der Waals surface area contributed by atoms with Crippen LogP contribution < -0.4 is 0 Å². The number of ether oxygens (including phenoxy) is 1. The first kappa shape index (κ1) is 13.9. The summed E-state index contributed by atoms with van der Waals surface area (Å²) in [5, 5.41) is 0. The van der Waals surface area contributed by atoms with Gasteiger partial charge in [-0.05, 0) is 13.0 Å². The smallest absolute Gasteiger partial charge is 0.381 e. The van der Waals surface area contributed by atoms with Gasteiger partial charge in [-0.25, -0.2) is 14.8 Å². The first-order valence-corrected chi connectivity index (χ1v) is 6.82. The molecule has 3 aromatic rings. The highest BCUT2D eigenvalue weighted by molar-refractivity contribution is 6.41. The fourth-order valence-electron chi connectivity index (χ4n) is 2.19. The molecule has 0 aliphatic carbocycles. The largest absolute Gasteiger partial charge is 0.460 e. The van der Waals surface area contributed by atoms with Crippen LogP contribution in [-0.4, -0.2) is 32.7 Å². The molecule has 1 aromatic carbocycles. The molecule has 0 atom stereocenters. The topological polar surface area (TPSA) is 73.6 Å². The van der Waals surface area contributed by atoms with Gasteiger partial charge in [0.1, 0.15) is 11.4 Å². The monoisotopic (exact) mass is 295 g/mol. The Kier molecular flexibility index (Phi) is 3.65. The first-order valence-electron chi connectivity index (χ1n) is 6.82. The van der Waals surface area contributed by atoms with E-state index in [1.54, 1.807) is 25.4 Å². The number of imidazole rings is 1. The van der Waals surface area contributed by atoms with Crippen molar-refractivity contribution in [3.63, 3.8) is 0 Å². The molecule has 0 N–H and O–H groups in total. The molecule has 0 fully saturated rings. The molecule has 2 aromatic heterocycles. The SMILES string of the molecule is CCOC(=O)C(=O)c1c(-c2ccccc2)nc2ncccn12. The molecule has 0 aliphatic rings. The molecule has 22 heavy (non-hydrogen) atoms. The Morgan fingerprint density at radius 2 is 1.95 bits per heavy atom. The zero-order chi connectivity index (χ0) is 15.5. The van der Waals surface area contributed by atoms with Crippen molar-refractivity contribution in [2.24, 2.45) is 0 Å². The number of nitrogens with zero attached hydrogens (tertiary/aromatic N) is 3. The quantitative estimate of drug-likeness (QED) is 0.419. The van der Waals surface area contributed by atoms with E-state index in [4.69, 9.17) is 4.74 Å². The summed E-state index contributed by atoms with van der Waals surface area (Å²) in [5.74, 6) is -1.28. The van der Waals surface area contributed by atoms with Gasteiger partial charge in [-0.3, -0.25) is 9.20 Å². The summed E-state index contributed by atoms with van der Waals surface area (Å²) in [5.41, 5.74) is 1.31. The molecule has 0 saturated carbocycles. The van der Waals surface area contributed by atoms with Crippen molar-refractivity contribution in [3.05, 3.63) is 54.5 Å². The molecule has 0 spiro atoms. The lowest BCUT2D eigenvalue weighted by Crippen LogP contribution is -2.20. The van der Waals surface area contributed by atoms with E-state index >= 15 is 0 Å². The van der Waals surface area contributed by atoms with Crippen molar-refractivity contribution in [2.45, 2.75) is 6.92 Å². The van der Waals surface area contributed by atoms with E-state index in [1.807, 2.05) is 30.3 Å². The summed E-state index contributed by atoms with van der Waals surface area (Å²) in [6.07, 6.45) is 3.23. The molecule has 110 valence electrons. The van der Waals surface area contributed by atoms with Crippen molar-refractivity contribution in [2.75, 3.05) is 6.61 Å². The van der Waals surface area contributed by atoms with E-state index < -0.39 is 11.8 Å². The van der Waals surface area contributed by atoms with E-state index in [1.165, 1.54) is 4.40 Å². The van der Waals surface area contributed by atoms with Crippen molar-refractivity contribution < 1.29 is 14.3 Å². The Hall–Kier alpha value is -3.02. The van der Waals surface area contributed by atoms with E-state index in [9.17, 15) is 9.59 Å². The van der Waals surface area contributed by atoms with Crippen LogP contribution in [0.25, 0.3) is 17.0 Å². The normalized spacial score (nSPS) is 10.6. The van der Waals surface area contributed by atoms with Crippen LogP contribution in [0, 0.1) is 0 Å². The Labute approximate surface area is 126 Å². The number of Topliss-reactive ketones (excluding diaryl/α,β-unsaturated/α-hetero) is 1. The van der Waals surface area contributed by atoms with Gasteiger partial charge < -0.3 is 4.74 Å². The highest BCUT2D eigenvalue weighted by Crippen LogP contribution is 2.24. The molecule has 0 amide bonds. The average molecular weight is 295 g/mol. The lowest BCUT2D eigenvalue weighted by atomic mass is 10.1. The molecule has 0 aliphatic heterocycles. The van der Waals surface area contributed by atoms with Crippen molar-refractivity contribution in [3.8, 4) is 11.3 Å². The Balaban J connectivity index is 2.22. The van der Waals surface area contributed by atoms with Crippen LogP contribution in [0.5, 0.6) is 0 Å². The van der Waals surface area contributed by atoms with Gasteiger partial charge in [0.25, 0.3) is 5.78 Å². The number of carbonyl (C=O) groups excluding carboxylic acids is 2. The third-order valence-corrected chi connectivity index (χ3v) is 3.13. The van der Waals surface area contributed by atoms with Gasteiger partial charge >= 0.3 is 5.97 Å². The van der Waals surface area contributed by atoms with Gasteiger partial charge in [-0.1, -0.05) is 30.3 Å². The molecule has 0 unspecified atom stereocenters. The molecule has 0 bridgehead atoms. The predicted molar refractivity (Wildman–Crippen MR) is 79.4 cm³/mol. The number of benzene rings is 1. The second kappa shape index (κ2) is 5.77. The Morgan fingerprint density at radius 3 is 2.68 bits per heavy atom. The summed E-state index contributed by atoms with van der Waals surface area (Å²) in [7, 11) is 0.